The molecule has 4 rings (SSSR count). The number of pyridine rings is 1. The lowest BCUT2D eigenvalue weighted by molar-refractivity contribution is 0.103. The Bertz CT molecular complexity index is 1410. The van der Waals surface area contributed by atoms with Gasteiger partial charge in [0, 0.05) is 30.1 Å². The van der Waals surface area contributed by atoms with E-state index in [-0.39, 0.29) is 23.0 Å². The zero-order valence-corrected chi connectivity index (χ0v) is 18.6. The van der Waals surface area contributed by atoms with Crippen molar-refractivity contribution in [3.05, 3.63) is 102 Å². The second-order valence-corrected chi connectivity index (χ2v) is 9.11. The summed E-state index contributed by atoms with van der Waals surface area (Å²) in [4.78, 5) is 25.4. The molecule has 0 atom stereocenters. The highest BCUT2D eigenvalue weighted by Crippen LogP contribution is 2.26. The molecule has 0 aliphatic carbocycles. The summed E-state index contributed by atoms with van der Waals surface area (Å²) in [6.07, 6.45) is 4.40. The van der Waals surface area contributed by atoms with Crippen LogP contribution in [0, 0.1) is 6.92 Å². The van der Waals surface area contributed by atoms with Crippen molar-refractivity contribution in [1.82, 2.24) is 19.7 Å². The van der Waals surface area contributed by atoms with Crippen LogP contribution < -0.4 is 10.5 Å². The zero-order valence-electron chi connectivity index (χ0n) is 17.8. The van der Waals surface area contributed by atoms with Crippen LogP contribution in [0.2, 0.25) is 0 Å². The van der Waals surface area contributed by atoms with Crippen LogP contribution in [0.25, 0.3) is 11.3 Å². The predicted molar refractivity (Wildman–Crippen MR) is 125 cm³/mol. The molecule has 0 amide bonds. The van der Waals surface area contributed by atoms with Gasteiger partial charge in [0.1, 0.15) is 0 Å². The second kappa shape index (κ2) is 9.27. The number of carbonyl (C=O) groups excluding carboxylic acids is 1. The van der Waals surface area contributed by atoms with E-state index in [0.717, 1.165) is 11.1 Å². The number of ketones is 1. The predicted octanol–water partition coefficient (Wildman–Crippen LogP) is 3.14. The molecule has 0 bridgehead atoms. The molecule has 0 unspecified atom stereocenters. The van der Waals surface area contributed by atoms with Gasteiger partial charge in [-0.1, -0.05) is 36.4 Å². The highest BCUT2D eigenvalue weighted by molar-refractivity contribution is 7.89. The van der Waals surface area contributed by atoms with Crippen LogP contribution in [-0.2, 0) is 16.6 Å². The summed E-state index contributed by atoms with van der Waals surface area (Å²) >= 11 is 0. The number of hydrogen-bond acceptors (Lipinski definition) is 7. The fourth-order valence-corrected chi connectivity index (χ4v) is 4.27. The minimum atomic E-state index is -3.78. The first-order chi connectivity index (χ1) is 15.8. The lowest BCUT2D eigenvalue weighted by Crippen LogP contribution is -2.23. The number of nitrogens with one attached hydrogen (secondary N) is 1. The van der Waals surface area contributed by atoms with Gasteiger partial charge in [0.05, 0.1) is 16.8 Å². The smallest absolute Gasteiger partial charge is 0.240 e. The number of sulfonamides is 1. The number of carbonyl (C=O) groups is 1. The highest BCUT2D eigenvalue weighted by Gasteiger charge is 2.20. The van der Waals surface area contributed by atoms with E-state index in [9.17, 15) is 13.2 Å². The third-order valence-corrected chi connectivity index (χ3v) is 6.44. The maximum atomic E-state index is 12.9. The third kappa shape index (κ3) is 4.94. The van der Waals surface area contributed by atoms with Crippen LogP contribution >= 0.6 is 0 Å². The molecule has 33 heavy (non-hydrogen) atoms. The first-order valence-electron chi connectivity index (χ1n) is 10.1. The van der Waals surface area contributed by atoms with Gasteiger partial charge in [0.15, 0.2) is 11.5 Å². The number of aryl methyl sites for hydroxylation is 1. The molecule has 0 saturated heterocycles. The number of rotatable bonds is 7. The van der Waals surface area contributed by atoms with Crippen molar-refractivity contribution >= 4 is 21.6 Å². The van der Waals surface area contributed by atoms with Crippen LogP contribution in [0.4, 0.5) is 5.82 Å². The minimum Gasteiger partial charge on any atom is -0.382 e. The number of benzene rings is 2. The molecule has 8 nitrogen and oxygen atoms in total. The zero-order chi connectivity index (χ0) is 23.4. The van der Waals surface area contributed by atoms with E-state index in [4.69, 9.17) is 5.73 Å². The average Bonchev–Trinajstić information content (AvgIpc) is 2.84. The van der Waals surface area contributed by atoms with E-state index in [2.05, 4.69) is 19.7 Å². The Labute approximate surface area is 191 Å². The summed E-state index contributed by atoms with van der Waals surface area (Å²) in [6, 6.07) is 17.2. The lowest BCUT2D eigenvalue weighted by atomic mass is 10.1. The van der Waals surface area contributed by atoms with Gasteiger partial charge >= 0.3 is 0 Å². The molecule has 9 heteroatoms. The largest absolute Gasteiger partial charge is 0.382 e. The summed E-state index contributed by atoms with van der Waals surface area (Å²) in [6.45, 7) is 1.99. The molecule has 166 valence electrons. The van der Waals surface area contributed by atoms with Crippen molar-refractivity contribution in [2.45, 2.75) is 18.4 Å². The molecule has 0 aliphatic rings. The van der Waals surface area contributed by atoms with E-state index in [0.29, 0.717) is 16.8 Å². The van der Waals surface area contributed by atoms with Crippen molar-refractivity contribution in [1.29, 1.82) is 0 Å². The van der Waals surface area contributed by atoms with Gasteiger partial charge in [-0.25, -0.2) is 23.1 Å². The van der Waals surface area contributed by atoms with Crippen molar-refractivity contribution in [2.24, 2.45) is 0 Å². The van der Waals surface area contributed by atoms with Gasteiger partial charge in [-0.3, -0.25) is 9.78 Å². The van der Waals surface area contributed by atoms with Crippen LogP contribution in [0.15, 0.2) is 84.1 Å². The van der Waals surface area contributed by atoms with Crippen LogP contribution in [0.3, 0.4) is 0 Å². The van der Waals surface area contributed by atoms with E-state index in [1.807, 2.05) is 37.3 Å². The number of hydrogen-bond donors (Lipinski definition) is 2. The van der Waals surface area contributed by atoms with Gasteiger partial charge in [-0.15, -0.1) is 0 Å². The normalized spacial score (nSPS) is 11.3. The first kappa shape index (κ1) is 22.3. The first-order valence-corrected chi connectivity index (χ1v) is 11.6. The Balaban J connectivity index is 1.67. The fourth-order valence-electron chi connectivity index (χ4n) is 3.23. The Kier molecular flexibility index (Phi) is 6.25. The average molecular weight is 460 g/mol. The van der Waals surface area contributed by atoms with Crippen LogP contribution in [0.5, 0.6) is 0 Å². The number of nitrogens with two attached hydrogens (primary N) is 1. The minimum absolute atomic E-state index is 0.0152. The molecule has 0 spiro atoms. The van der Waals surface area contributed by atoms with Crippen LogP contribution in [0.1, 0.15) is 27.2 Å². The highest BCUT2D eigenvalue weighted by atomic mass is 32.2. The maximum absolute atomic E-state index is 12.9. The van der Waals surface area contributed by atoms with Crippen molar-refractivity contribution in [3.8, 4) is 11.3 Å². The molecule has 3 N–H and O–H groups in total. The molecule has 0 radical (unpaired) electrons. The van der Waals surface area contributed by atoms with Gasteiger partial charge < -0.3 is 5.73 Å². The van der Waals surface area contributed by atoms with Gasteiger partial charge in [-0.05, 0) is 42.3 Å². The fraction of sp³-hybridized carbons (Fsp3) is 0.0833. The number of nitrogens with zero attached hydrogens (tertiary/aromatic N) is 3. The molecule has 0 saturated carbocycles. The van der Waals surface area contributed by atoms with E-state index >= 15 is 0 Å². The summed E-state index contributed by atoms with van der Waals surface area (Å²) in [7, 11) is -3.78. The topological polar surface area (TPSA) is 128 Å². The molecule has 0 aliphatic heterocycles. The molecular formula is C24H21N5O3S. The Morgan fingerprint density at radius 2 is 1.82 bits per heavy atom. The summed E-state index contributed by atoms with van der Waals surface area (Å²) < 4.78 is 28.4. The third-order valence-electron chi connectivity index (χ3n) is 5.04. The SMILES string of the molecule is Cc1ccc(S(=O)(=O)NCc2ccccc2)cc1-c1cnc(N)c(C(=O)c2cccnc2)n1. The lowest BCUT2D eigenvalue weighted by Gasteiger charge is -2.12. The molecule has 2 heterocycles. The number of anilines is 1. The number of nitrogen functional groups attached to an aromatic ring is 1. The molecule has 0 fully saturated rings. The Hall–Kier alpha value is -3.95. The van der Waals surface area contributed by atoms with Gasteiger partial charge in [-0.2, -0.15) is 0 Å². The number of aromatic nitrogens is 3. The second-order valence-electron chi connectivity index (χ2n) is 7.35. The molecular weight excluding hydrogens is 438 g/mol. The standard InChI is InChI=1S/C24H21N5O3S/c1-16-9-10-19(33(31,32)28-13-17-6-3-2-4-7-17)12-20(16)21-15-27-24(25)22(29-21)23(30)18-8-5-11-26-14-18/h2-12,14-15,28H,13H2,1H3,(H2,25,27). The van der Waals surface area contributed by atoms with E-state index < -0.39 is 15.8 Å². The van der Waals surface area contributed by atoms with Gasteiger partial charge in [0.2, 0.25) is 15.8 Å². The van der Waals surface area contributed by atoms with Crippen molar-refractivity contribution < 1.29 is 13.2 Å². The molecule has 2 aromatic carbocycles. The maximum Gasteiger partial charge on any atom is 0.240 e. The molecule has 2 aromatic heterocycles. The Morgan fingerprint density at radius 1 is 1.03 bits per heavy atom. The summed E-state index contributed by atoms with van der Waals surface area (Å²) in [5.74, 6) is -0.431. The van der Waals surface area contributed by atoms with Gasteiger partial charge in [0.25, 0.3) is 0 Å². The van der Waals surface area contributed by atoms with E-state index in [1.165, 1.54) is 24.5 Å². The summed E-state index contributed by atoms with van der Waals surface area (Å²) in [5, 5.41) is 0. The van der Waals surface area contributed by atoms with Crippen molar-refractivity contribution in [2.75, 3.05) is 5.73 Å². The van der Waals surface area contributed by atoms with Crippen molar-refractivity contribution in [3.63, 3.8) is 0 Å². The Morgan fingerprint density at radius 3 is 2.55 bits per heavy atom. The molecule has 4 aromatic rings. The van der Waals surface area contributed by atoms with Crippen LogP contribution in [-0.4, -0.2) is 29.2 Å². The monoisotopic (exact) mass is 459 g/mol. The quantitative estimate of drug-likeness (QED) is 0.406. The summed E-state index contributed by atoms with van der Waals surface area (Å²) in [5.41, 5.74) is 8.72. The van der Waals surface area contributed by atoms with E-state index in [1.54, 1.807) is 24.4 Å².